The number of imidazole rings is 1. The Morgan fingerprint density at radius 3 is 2.69 bits per heavy atom. The summed E-state index contributed by atoms with van der Waals surface area (Å²) in [5.74, 6) is 0.267. The molecule has 3 heterocycles. The molecule has 164 valence electrons. The highest BCUT2D eigenvalue weighted by atomic mass is 16.5. The van der Waals surface area contributed by atoms with E-state index in [1.807, 2.05) is 24.3 Å². The van der Waals surface area contributed by atoms with Crippen LogP contribution in [-0.2, 0) is 25.4 Å². The van der Waals surface area contributed by atoms with Crippen molar-refractivity contribution in [1.82, 2.24) is 34.3 Å². The van der Waals surface area contributed by atoms with Crippen molar-refractivity contribution in [3.63, 3.8) is 0 Å². The number of amides is 1. The summed E-state index contributed by atoms with van der Waals surface area (Å²) in [6, 6.07) is 7.41. The molecule has 0 spiro atoms. The molecule has 12 heteroatoms. The molecule has 0 aliphatic heterocycles. The third-order valence-corrected chi connectivity index (χ3v) is 4.97. The SMILES string of the molecule is COc1ccc(-c2[nH]ncc2/C=N\NC(=O)Cn2cnc3c2c(=O)n(C)c(=O)n3C)cc1. The molecule has 32 heavy (non-hydrogen) atoms. The number of benzene rings is 1. The number of nitrogens with zero attached hydrogens (tertiary/aromatic N) is 6. The molecule has 0 saturated carbocycles. The lowest BCUT2D eigenvalue weighted by molar-refractivity contribution is -0.121. The Kier molecular flexibility index (Phi) is 5.41. The third-order valence-electron chi connectivity index (χ3n) is 4.97. The van der Waals surface area contributed by atoms with Crippen molar-refractivity contribution >= 4 is 23.3 Å². The van der Waals surface area contributed by atoms with Crippen molar-refractivity contribution in [3.05, 3.63) is 63.2 Å². The van der Waals surface area contributed by atoms with E-state index in [9.17, 15) is 14.4 Å². The molecule has 1 aromatic carbocycles. The number of aromatic nitrogens is 6. The van der Waals surface area contributed by atoms with E-state index in [0.29, 0.717) is 5.56 Å². The van der Waals surface area contributed by atoms with Crippen LogP contribution in [0.5, 0.6) is 5.75 Å². The van der Waals surface area contributed by atoms with Gasteiger partial charge in [0.2, 0.25) is 0 Å². The van der Waals surface area contributed by atoms with Gasteiger partial charge in [0.1, 0.15) is 12.3 Å². The van der Waals surface area contributed by atoms with Crippen LogP contribution in [0.25, 0.3) is 22.4 Å². The van der Waals surface area contributed by atoms with Crippen LogP contribution in [0.3, 0.4) is 0 Å². The van der Waals surface area contributed by atoms with E-state index >= 15 is 0 Å². The number of fused-ring (bicyclic) bond motifs is 1. The zero-order valence-electron chi connectivity index (χ0n) is 17.6. The Bertz CT molecular complexity index is 1440. The molecule has 0 unspecified atom stereocenters. The van der Waals surface area contributed by atoms with Gasteiger partial charge in [-0.1, -0.05) is 0 Å². The molecule has 0 radical (unpaired) electrons. The third kappa shape index (κ3) is 3.69. The Labute approximate surface area is 180 Å². The van der Waals surface area contributed by atoms with E-state index in [1.165, 1.54) is 35.8 Å². The number of ether oxygens (including phenoxy) is 1. The fourth-order valence-electron chi connectivity index (χ4n) is 3.26. The molecule has 2 N–H and O–H groups in total. The molecule has 0 saturated heterocycles. The summed E-state index contributed by atoms with van der Waals surface area (Å²) in [6.45, 7) is -0.196. The van der Waals surface area contributed by atoms with Crippen molar-refractivity contribution in [1.29, 1.82) is 0 Å². The summed E-state index contributed by atoms with van der Waals surface area (Å²) in [4.78, 5) is 40.9. The van der Waals surface area contributed by atoms with Gasteiger partial charge in [-0.3, -0.25) is 23.8 Å². The number of H-pyrrole nitrogens is 1. The fourth-order valence-corrected chi connectivity index (χ4v) is 3.26. The maximum absolute atomic E-state index is 12.5. The Hall–Kier alpha value is -4.48. The normalized spacial score (nSPS) is 11.3. The van der Waals surface area contributed by atoms with Gasteiger partial charge in [0.15, 0.2) is 11.2 Å². The quantitative estimate of drug-likeness (QED) is 0.322. The first-order valence-corrected chi connectivity index (χ1v) is 9.51. The first-order chi connectivity index (χ1) is 15.4. The van der Waals surface area contributed by atoms with Crippen molar-refractivity contribution in [2.75, 3.05) is 7.11 Å². The summed E-state index contributed by atoms with van der Waals surface area (Å²) in [5.41, 5.74) is 4.05. The average Bonchev–Trinajstić information content (AvgIpc) is 3.43. The Morgan fingerprint density at radius 1 is 1.22 bits per heavy atom. The van der Waals surface area contributed by atoms with Crippen LogP contribution in [0, 0.1) is 0 Å². The second kappa shape index (κ2) is 8.34. The number of methoxy groups -OCH3 is 1. The number of aromatic amines is 1. The Morgan fingerprint density at radius 2 is 1.97 bits per heavy atom. The summed E-state index contributed by atoms with van der Waals surface area (Å²) in [6.07, 6.45) is 4.39. The van der Waals surface area contributed by atoms with Gasteiger partial charge < -0.3 is 9.30 Å². The highest BCUT2D eigenvalue weighted by Crippen LogP contribution is 2.22. The van der Waals surface area contributed by atoms with E-state index in [4.69, 9.17) is 4.74 Å². The van der Waals surface area contributed by atoms with Crippen molar-refractivity contribution < 1.29 is 9.53 Å². The monoisotopic (exact) mass is 436 g/mol. The number of carbonyl (C=O) groups is 1. The summed E-state index contributed by atoms with van der Waals surface area (Å²) in [5, 5.41) is 10.9. The maximum atomic E-state index is 12.5. The lowest BCUT2D eigenvalue weighted by Crippen LogP contribution is -2.38. The van der Waals surface area contributed by atoms with Crippen LogP contribution in [0.4, 0.5) is 0 Å². The van der Waals surface area contributed by atoms with E-state index in [2.05, 4.69) is 25.7 Å². The molecule has 12 nitrogen and oxygen atoms in total. The molecule has 1 amide bonds. The van der Waals surface area contributed by atoms with Gasteiger partial charge in [-0.2, -0.15) is 10.2 Å². The number of hydrogen-bond donors (Lipinski definition) is 2. The number of hydrogen-bond acceptors (Lipinski definition) is 7. The highest BCUT2D eigenvalue weighted by Gasteiger charge is 2.15. The number of nitrogens with one attached hydrogen (secondary N) is 2. The molecule has 0 aliphatic rings. The predicted octanol–water partition coefficient (Wildman–Crippen LogP) is -0.0173. The summed E-state index contributed by atoms with van der Waals surface area (Å²) >= 11 is 0. The minimum atomic E-state index is -0.528. The molecule has 0 fully saturated rings. The number of aryl methyl sites for hydroxylation is 1. The van der Waals surface area contributed by atoms with Crippen LogP contribution in [0.15, 0.2) is 51.5 Å². The van der Waals surface area contributed by atoms with Crippen LogP contribution >= 0.6 is 0 Å². The molecule has 4 rings (SSSR count). The van der Waals surface area contributed by atoms with Gasteiger partial charge in [0, 0.05) is 25.2 Å². The van der Waals surface area contributed by atoms with Crippen LogP contribution < -0.4 is 21.4 Å². The number of carbonyl (C=O) groups excluding carboxylic acids is 1. The Balaban J connectivity index is 1.49. The second-order valence-electron chi connectivity index (χ2n) is 6.97. The zero-order valence-corrected chi connectivity index (χ0v) is 17.6. The van der Waals surface area contributed by atoms with Gasteiger partial charge in [-0.15, -0.1) is 0 Å². The molecule has 0 bridgehead atoms. The molecule has 0 atom stereocenters. The first-order valence-electron chi connectivity index (χ1n) is 9.51. The topological polar surface area (TPSA) is 141 Å². The minimum absolute atomic E-state index is 0.158. The zero-order chi connectivity index (χ0) is 22.8. The average molecular weight is 436 g/mol. The van der Waals surface area contributed by atoms with Crippen molar-refractivity contribution in [2.24, 2.45) is 19.2 Å². The predicted molar refractivity (Wildman–Crippen MR) is 117 cm³/mol. The smallest absolute Gasteiger partial charge is 0.332 e. The molecule has 4 aromatic rings. The fraction of sp³-hybridized carbons (Fsp3) is 0.200. The second-order valence-corrected chi connectivity index (χ2v) is 6.97. The minimum Gasteiger partial charge on any atom is -0.497 e. The van der Waals surface area contributed by atoms with E-state index in [0.717, 1.165) is 21.6 Å². The van der Waals surface area contributed by atoms with Gasteiger partial charge in [0.05, 0.1) is 31.5 Å². The van der Waals surface area contributed by atoms with Crippen molar-refractivity contribution in [2.45, 2.75) is 6.54 Å². The maximum Gasteiger partial charge on any atom is 0.332 e. The molecular weight excluding hydrogens is 416 g/mol. The summed E-state index contributed by atoms with van der Waals surface area (Å²) in [7, 11) is 4.48. The van der Waals surface area contributed by atoms with E-state index < -0.39 is 17.2 Å². The first kappa shape index (κ1) is 20.8. The van der Waals surface area contributed by atoms with Gasteiger partial charge in [-0.25, -0.2) is 15.2 Å². The molecule has 3 aromatic heterocycles. The van der Waals surface area contributed by atoms with E-state index in [1.54, 1.807) is 13.3 Å². The lowest BCUT2D eigenvalue weighted by atomic mass is 10.1. The standard InChI is InChI=1S/C20H20N8O4/c1-26-18-17(19(30)27(2)20(26)31)28(11-21-18)10-15(29)24-22-8-13-9-23-25-16(13)12-4-6-14(32-3)7-5-12/h4-9,11H,10H2,1-3H3,(H,23,25)(H,24,29)/b22-8-. The highest BCUT2D eigenvalue weighted by molar-refractivity contribution is 5.89. The number of rotatable bonds is 6. The van der Waals surface area contributed by atoms with Gasteiger partial charge in [0.25, 0.3) is 11.5 Å². The molecule has 0 aliphatic carbocycles. The van der Waals surface area contributed by atoms with Crippen LogP contribution in [0.1, 0.15) is 5.56 Å². The van der Waals surface area contributed by atoms with Gasteiger partial charge >= 0.3 is 5.69 Å². The molecular formula is C20H20N8O4. The van der Waals surface area contributed by atoms with Crippen LogP contribution in [-0.4, -0.2) is 48.1 Å². The van der Waals surface area contributed by atoms with Crippen LogP contribution in [0.2, 0.25) is 0 Å². The number of hydrazone groups is 1. The van der Waals surface area contributed by atoms with Crippen molar-refractivity contribution in [3.8, 4) is 17.0 Å². The summed E-state index contributed by atoms with van der Waals surface area (Å²) < 4.78 is 8.76. The van der Waals surface area contributed by atoms with E-state index in [-0.39, 0.29) is 17.7 Å². The largest absolute Gasteiger partial charge is 0.497 e. The van der Waals surface area contributed by atoms with Gasteiger partial charge in [-0.05, 0) is 24.3 Å². The lowest BCUT2D eigenvalue weighted by Gasteiger charge is -2.06.